The van der Waals surface area contributed by atoms with Gasteiger partial charge in [-0.05, 0) is 36.6 Å². The van der Waals surface area contributed by atoms with E-state index in [2.05, 4.69) is 0 Å². The van der Waals surface area contributed by atoms with Gasteiger partial charge in [-0.2, -0.15) is 0 Å². The molecule has 6 rings (SSSR count). The summed E-state index contributed by atoms with van der Waals surface area (Å²) in [5.41, 5.74) is 1.49. The molecule has 12 heteroatoms. The molecule has 2 aromatic carbocycles. The van der Waals surface area contributed by atoms with Crippen molar-refractivity contribution in [3.05, 3.63) is 135 Å². The largest absolute Gasteiger partial charge is 0.463 e. The highest BCUT2D eigenvalue weighted by atomic mass is 35.5. The van der Waals surface area contributed by atoms with Crippen LogP contribution in [0.5, 0.6) is 0 Å². The fourth-order valence-corrected chi connectivity index (χ4v) is 6.75. The third-order valence-corrected chi connectivity index (χ3v) is 8.74. The second kappa shape index (κ2) is 11.4. The Morgan fingerprint density at radius 1 is 1.17 bits per heavy atom. The zero-order valence-electron chi connectivity index (χ0n) is 21.9. The first kappa shape index (κ1) is 27.6. The van der Waals surface area contributed by atoms with E-state index in [1.54, 1.807) is 25.1 Å². The average molecular weight is 618 g/mol. The number of carbonyl (C=O) groups is 1. The van der Waals surface area contributed by atoms with Gasteiger partial charge in [-0.15, -0.1) is 11.3 Å². The number of nitrogens with zero attached hydrogens (tertiary/aromatic N) is 3. The summed E-state index contributed by atoms with van der Waals surface area (Å²) in [6.07, 6.45) is 1.61. The lowest BCUT2D eigenvalue weighted by Gasteiger charge is -2.24. The molecular weight excluding hydrogens is 598 g/mol. The Labute approximate surface area is 251 Å². The van der Waals surface area contributed by atoms with Crippen molar-refractivity contribution in [2.75, 3.05) is 6.61 Å². The van der Waals surface area contributed by atoms with Crippen LogP contribution < -0.4 is 14.9 Å². The van der Waals surface area contributed by atoms with Crippen molar-refractivity contribution in [3.63, 3.8) is 0 Å². The number of non-ortho nitro benzene ring substituents is 1. The lowest BCUT2D eigenvalue weighted by atomic mass is 9.97. The Bertz CT molecular complexity index is 2040. The molecule has 210 valence electrons. The van der Waals surface area contributed by atoms with Gasteiger partial charge in [-0.3, -0.25) is 19.5 Å². The van der Waals surface area contributed by atoms with Crippen molar-refractivity contribution in [2.45, 2.75) is 13.0 Å². The van der Waals surface area contributed by atoms with E-state index in [0.717, 1.165) is 10.4 Å². The van der Waals surface area contributed by atoms with E-state index in [4.69, 9.17) is 25.7 Å². The van der Waals surface area contributed by atoms with Crippen LogP contribution in [-0.4, -0.2) is 22.1 Å². The number of carbonyl (C=O) groups excluding carboxylic acids is 1. The second-order valence-corrected chi connectivity index (χ2v) is 11.5. The van der Waals surface area contributed by atoms with Crippen LogP contribution in [0.4, 0.5) is 5.69 Å². The zero-order valence-corrected chi connectivity index (χ0v) is 24.2. The summed E-state index contributed by atoms with van der Waals surface area (Å²) in [6, 6.07) is 19.8. The van der Waals surface area contributed by atoms with Gasteiger partial charge < -0.3 is 9.15 Å². The monoisotopic (exact) mass is 617 g/mol. The Morgan fingerprint density at radius 2 is 1.98 bits per heavy atom. The lowest BCUT2D eigenvalue weighted by molar-refractivity contribution is -0.384. The van der Waals surface area contributed by atoms with E-state index in [1.165, 1.54) is 45.4 Å². The number of halogens is 1. The number of thiophene rings is 1. The maximum atomic E-state index is 13.9. The number of hydrogen-bond donors (Lipinski definition) is 0. The molecule has 0 N–H and O–H groups in total. The molecule has 0 spiro atoms. The Balaban J connectivity index is 1.50. The summed E-state index contributed by atoms with van der Waals surface area (Å²) in [7, 11) is 0. The SMILES string of the molecule is CCOC(=O)C1=C(c2ccccc2)N=c2s/c(=C\c3ccc(-c4ccc([N+](=O)[O-])cc4Cl)o3)c(=O)n2[C@H]1c1cccs1. The molecule has 0 saturated heterocycles. The summed E-state index contributed by atoms with van der Waals surface area (Å²) in [5.74, 6) is 0.232. The fourth-order valence-electron chi connectivity index (χ4n) is 4.68. The minimum absolute atomic E-state index is 0.131. The number of nitro benzene ring substituents is 1. The molecule has 1 aliphatic heterocycles. The number of fused-ring (bicyclic) bond motifs is 1. The van der Waals surface area contributed by atoms with Crippen LogP contribution in [0.25, 0.3) is 23.1 Å². The van der Waals surface area contributed by atoms with Crippen LogP contribution in [0.2, 0.25) is 5.02 Å². The Hall–Kier alpha value is -4.58. The molecule has 9 nitrogen and oxygen atoms in total. The number of furan rings is 1. The topological polar surface area (TPSA) is 117 Å². The van der Waals surface area contributed by atoms with Crippen LogP contribution in [0, 0.1) is 10.1 Å². The summed E-state index contributed by atoms with van der Waals surface area (Å²) in [5, 5.41) is 13.1. The predicted octanol–water partition coefficient (Wildman–Crippen LogP) is 5.82. The molecule has 0 unspecified atom stereocenters. The highest BCUT2D eigenvalue weighted by Gasteiger charge is 2.35. The molecule has 0 radical (unpaired) electrons. The Kier molecular flexibility index (Phi) is 7.46. The highest BCUT2D eigenvalue weighted by molar-refractivity contribution is 7.10. The molecule has 4 heterocycles. The van der Waals surface area contributed by atoms with Crippen molar-refractivity contribution in [2.24, 2.45) is 4.99 Å². The van der Waals surface area contributed by atoms with Crippen molar-refractivity contribution in [1.29, 1.82) is 0 Å². The molecule has 42 heavy (non-hydrogen) atoms. The molecule has 0 fully saturated rings. The standard InChI is InChI=1S/C30H20ClN3O6S2/c1-2-39-29(36)25-26(17-7-4-3-5-8-17)32-30-33(27(25)23-9-6-14-41-23)28(35)24(42-30)16-19-11-13-22(40-19)20-12-10-18(34(37)38)15-21(20)31/h3-16,27H,2H2,1H3/b24-16-/t27-/m0/s1. The minimum Gasteiger partial charge on any atom is -0.463 e. The van der Waals surface area contributed by atoms with Crippen molar-refractivity contribution >= 4 is 57.7 Å². The molecule has 3 aromatic heterocycles. The van der Waals surface area contributed by atoms with Crippen molar-refractivity contribution in [3.8, 4) is 11.3 Å². The number of hydrogen-bond acceptors (Lipinski definition) is 9. The van der Waals surface area contributed by atoms with Gasteiger partial charge in [0.05, 0.1) is 32.4 Å². The van der Waals surface area contributed by atoms with Gasteiger partial charge in [0, 0.05) is 34.2 Å². The van der Waals surface area contributed by atoms with Gasteiger partial charge in [0.2, 0.25) is 0 Å². The number of benzene rings is 2. The fraction of sp³-hybridized carbons (Fsp3) is 0.100. The second-order valence-electron chi connectivity index (χ2n) is 9.07. The quantitative estimate of drug-likeness (QED) is 0.129. The third-order valence-electron chi connectivity index (χ3n) is 6.52. The predicted molar refractivity (Wildman–Crippen MR) is 161 cm³/mol. The maximum Gasteiger partial charge on any atom is 0.338 e. The number of aromatic nitrogens is 1. The number of ether oxygens (including phenoxy) is 1. The van der Waals surface area contributed by atoms with E-state index in [9.17, 15) is 19.7 Å². The summed E-state index contributed by atoms with van der Waals surface area (Å²) >= 11 is 8.90. The van der Waals surface area contributed by atoms with E-state index in [0.29, 0.717) is 32.1 Å². The molecular formula is C30H20ClN3O6S2. The number of thiazole rings is 1. The number of rotatable bonds is 7. The third kappa shape index (κ3) is 5.02. The number of nitro groups is 1. The molecule has 0 aliphatic carbocycles. The molecule has 1 atom stereocenters. The van der Waals surface area contributed by atoms with Gasteiger partial charge >= 0.3 is 5.97 Å². The maximum absolute atomic E-state index is 13.9. The van der Waals surface area contributed by atoms with E-state index < -0.39 is 16.9 Å². The van der Waals surface area contributed by atoms with Crippen LogP contribution >= 0.6 is 34.3 Å². The van der Waals surface area contributed by atoms with Gasteiger partial charge in [0.15, 0.2) is 4.80 Å². The molecule has 0 amide bonds. The summed E-state index contributed by atoms with van der Waals surface area (Å²) in [4.78, 5) is 43.9. The van der Waals surface area contributed by atoms with Crippen LogP contribution in [0.15, 0.2) is 98.0 Å². The first-order valence-electron chi connectivity index (χ1n) is 12.7. The minimum atomic E-state index is -0.733. The molecule has 5 aromatic rings. The molecule has 1 aliphatic rings. The van der Waals surface area contributed by atoms with Gasteiger partial charge in [0.25, 0.3) is 11.2 Å². The van der Waals surface area contributed by atoms with E-state index in [-0.39, 0.29) is 28.4 Å². The van der Waals surface area contributed by atoms with Crippen LogP contribution in [0.1, 0.15) is 29.2 Å². The molecule has 0 bridgehead atoms. The highest BCUT2D eigenvalue weighted by Crippen LogP contribution is 2.37. The Morgan fingerprint density at radius 3 is 2.67 bits per heavy atom. The first-order chi connectivity index (χ1) is 20.4. The van der Waals surface area contributed by atoms with Crippen LogP contribution in [-0.2, 0) is 9.53 Å². The smallest absolute Gasteiger partial charge is 0.338 e. The normalized spacial score (nSPS) is 14.9. The average Bonchev–Trinajstić information content (AvgIpc) is 3.74. The van der Waals surface area contributed by atoms with E-state index in [1.807, 2.05) is 47.8 Å². The summed E-state index contributed by atoms with van der Waals surface area (Å²) in [6.45, 7) is 1.91. The van der Waals surface area contributed by atoms with Gasteiger partial charge in [-0.1, -0.05) is 59.3 Å². The van der Waals surface area contributed by atoms with Crippen molar-refractivity contribution < 1.29 is 18.9 Å². The van der Waals surface area contributed by atoms with Gasteiger partial charge in [0.1, 0.15) is 17.6 Å². The van der Waals surface area contributed by atoms with Gasteiger partial charge in [-0.25, -0.2) is 9.79 Å². The molecule has 0 saturated carbocycles. The summed E-state index contributed by atoms with van der Waals surface area (Å²) < 4.78 is 13.3. The van der Waals surface area contributed by atoms with Crippen LogP contribution in [0.3, 0.4) is 0 Å². The zero-order chi connectivity index (χ0) is 29.4. The number of esters is 1. The van der Waals surface area contributed by atoms with E-state index >= 15 is 0 Å². The first-order valence-corrected chi connectivity index (χ1v) is 14.8. The lowest BCUT2D eigenvalue weighted by Crippen LogP contribution is -2.39. The van der Waals surface area contributed by atoms with Crippen molar-refractivity contribution in [1.82, 2.24) is 4.57 Å².